The third kappa shape index (κ3) is 5.58. The minimum absolute atomic E-state index is 0.162. The van der Waals surface area contributed by atoms with E-state index in [1.165, 1.54) is 24.5 Å². The van der Waals surface area contributed by atoms with Gasteiger partial charge in [-0.15, -0.1) is 0 Å². The number of nitrogens with one attached hydrogen (secondary N) is 2. The highest BCUT2D eigenvalue weighted by molar-refractivity contribution is 5.92. The largest absolute Gasteiger partial charge is 0.462 e. The topological polar surface area (TPSA) is 93.2 Å². The molecule has 0 radical (unpaired) electrons. The van der Waals surface area contributed by atoms with Crippen LogP contribution in [0.2, 0.25) is 0 Å². The zero-order chi connectivity index (χ0) is 20.6. The van der Waals surface area contributed by atoms with E-state index < -0.39 is 0 Å². The van der Waals surface area contributed by atoms with Crippen LogP contribution in [0.5, 0.6) is 0 Å². The van der Waals surface area contributed by atoms with Crippen LogP contribution < -0.4 is 10.6 Å². The van der Waals surface area contributed by atoms with Gasteiger partial charge in [-0.3, -0.25) is 4.79 Å². The Hall–Kier alpha value is -3.81. The fourth-order valence-corrected chi connectivity index (χ4v) is 2.44. The van der Waals surface area contributed by atoms with Gasteiger partial charge in [0.2, 0.25) is 0 Å². The second kappa shape index (κ2) is 9.41. The summed E-state index contributed by atoms with van der Waals surface area (Å²) >= 11 is 0. The molecular formula is C21H19FN4O3. The van der Waals surface area contributed by atoms with E-state index in [2.05, 4.69) is 20.6 Å². The summed E-state index contributed by atoms with van der Waals surface area (Å²) in [5.74, 6) is -0.643. The predicted octanol–water partition coefficient (Wildman–Crippen LogP) is 3.47. The summed E-state index contributed by atoms with van der Waals surface area (Å²) in [5, 5.41) is 5.74. The number of benzene rings is 2. The van der Waals surface area contributed by atoms with E-state index in [-0.39, 0.29) is 29.9 Å². The fraction of sp³-hybridized carbons (Fsp3) is 0.143. The number of amides is 1. The molecule has 0 saturated carbocycles. The number of carbonyl (C=O) groups is 2. The van der Waals surface area contributed by atoms with E-state index in [4.69, 9.17) is 4.74 Å². The minimum Gasteiger partial charge on any atom is -0.462 e. The summed E-state index contributed by atoms with van der Waals surface area (Å²) in [6.07, 6.45) is 2.79. The molecule has 1 amide bonds. The zero-order valence-electron chi connectivity index (χ0n) is 15.7. The number of esters is 1. The number of anilines is 2. The molecule has 8 heteroatoms. The molecule has 0 bridgehead atoms. The van der Waals surface area contributed by atoms with Crippen molar-refractivity contribution < 1.29 is 18.7 Å². The van der Waals surface area contributed by atoms with Gasteiger partial charge in [0.15, 0.2) is 0 Å². The van der Waals surface area contributed by atoms with Crippen LogP contribution in [-0.4, -0.2) is 28.5 Å². The van der Waals surface area contributed by atoms with E-state index in [1.807, 2.05) is 0 Å². The maximum Gasteiger partial charge on any atom is 0.338 e. The van der Waals surface area contributed by atoms with Crippen molar-refractivity contribution in [3.8, 4) is 0 Å². The lowest BCUT2D eigenvalue weighted by Gasteiger charge is -2.08. The molecule has 148 valence electrons. The predicted molar refractivity (Wildman–Crippen MR) is 105 cm³/mol. The van der Waals surface area contributed by atoms with Crippen LogP contribution in [0, 0.1) is 5.82 Å². The molecule has 29 heavy (non-hydrogen) atoms. The number of rotatable bonds is 7. The van der Waals surface area contributed by atoms with E-state index in [0.717, 1.165) is 5.56 Å². The molecular weight excluding hydrogens is 375 g/mol. The maximum absolute atomic E-state index is 12.9. The van der Waals surface area contributed by atoms with Crippen molar-refractivity contribution in [2.45, 2.75) is 13.5 Å². The summed E-state index contributed by atoms with van der Waals surface area (Å²) in [6.45, 7) is 2.32. The average molecular weight is 394 g/mol. The number of hydrogen-bond acceptors (Lipinski definition) is 6. The van der Waals surface area contributed by atoms with Gasteiger partial charge in [-0.25, -0.2) is 19.2 Å². The highest BCUT2D eigenvalue weighted by Crippen LogP contribution is 2.15. The van der Waals surface area contributed by atoms with Gasteiger partial charge >= 0.3 is 5.97 Å². The van der Waals surface area contributed by atoms with Gasteiger partial charge < -0.3 is 15.4 Å². The first-order valence-corrected chi connectivity index (χ1v) is 8.94. The average Bonchev–Trinajstić information content (AvgIpc) is 2.74. The molecule has 0 aliphatic rings. The molecule has 2 N–H and O–H groups in total. The Morgan fingerprint density at radius 2 is 1.72 bits per heavy atom. The van der Waals surface area contributed by atoms with Crippen LogP contribution in [0.1, 0.15) is 33.3 Å². The number of ether oxygens (including phenoxy) is 1. The van der Waals surface area contributed by atoms with Crippen LogP contribution in [-0.2, 0) is 11.3 Å². The standard InChI is InChI=1S/C21H19FN4O3/c1-2-29-21(28)15-5-9-17(10-6-15)26-19-13-23-18(12-24-19)20(27)25-11-14-3-7-16(22)8-4-14/h3-10,12-13H,2,11H2,1H3,(H,24,26)(H,25,27). The van der Waals surface area contributed by atoms with Gasteiger partial charge in [-0.2, -0.15) is 0 Å². The molecule has 3 rings (SSSR count). The van der Waals surface area contributed by atoms with E-state index in [0.29, 0.717) is 23.7 Å². The lowest BCUT2D eigenvalue weighted by atomic mass is 10.2. The second-order valence-corrected chi connectivity index (χ2v) is 6.02. The van der Waals surface area contributed by atoms with Crippen LogP contribution in [0.4, 0.5) is 15.9 Å². The lowest BCUT2D eigenvalue weighted by molar-refractivity contribution is 0.0526. The molecule has 0 aliphatic carbocycles. The normalized spacial score (nSPS) is 10.3. The summed E-state index contributed by atoms with van der Waals surface area (Å²) in [6, 6.07) is 12.6. The molecule has 0 fully saturated rings. The Balaban J connectivity index is 1.56. The Morgan fingerprint density at radius 3 is 2.34 bits per heavy atom. The summed E-state index contributed by atoms with van der Waals surface area (Å²) in [4.78, 5) is 32.1. The molecule has 0 aliphatic heterocycles. The minimum atomic E-state index is -0.382. The van der Waals surface area contributed by atoms with Crippen molar-refractivity contribution in [2.24, 2.45) is 0 Å². The summed E-state index contributed by atoms with van der Waals surface area (Å²) < 4.78 is 17.8. The number of halogens is 1. The molecule has 1 aromatic heterocycles. The molecule has 7 nitrogen and oxygen atoms in total. The first-order chi connectivity index (χ1) is 14.0. The van der Waals surface area contributed by atoms with Crippen molar-refractivity contribution in [2.75, 3.05) is 11.9 Å². The third-order valence-corrected chi connectivity index (χ3v) is 3.92. The van der Waals surface area contributed by atoms with Crippen LogP contribution >= 0.6 is 0 Å². The van der Waals surface area contributed by atoms with Crippen molar-refractivity contribution in [3.63, 3.8) is 0 Å². The molecule has 0 unspecified atom stereocenters. The molecule has 0 atom stereocenters. The highest BCUT2D eigenvalue weighted by atomic mass is 19.1. The zero-order valence-corrected chi connectivity index (χ0v) is 15.7. The summed E-state index contributed by atoms with van der Waals surface area (Å²) in [7, 11) is 0. The Kier molecular flexibility index (Phi) is 6.47. The Bertz CT molecular complexity index is 974. The Morgan fingerprint density at radius 1 is 1.00 bits per heavy atom. The lowest BCUT2D eigenvalue weighted by Crippen LogP contribution is -2.24. The quantitative estimate of drug-likeness (QED) is 0.596. The van der Waals surface area contributed by atoms with Gasteiger partial charge in [-0.05, 0) is 48.9 Å². The van der Waals surface area contributed by atoms with Crippen molar-refractivity contribution in [1.29, 1.82) is 0 Å². The van der Waals surface area contributed by atoms with Crippen molar-refractivity contribution in [3.05, 3.63) is 83.6 Å². The van der Waals surface area contributed by atoms with Crippen molar-refractivity contribution >= 4 is 23.4 Å². The third-order valence-electron chi connectivity index (χ3n) is 3.92. The first-order valence-electron chi connectivity index (χ1n) is 8.94. The van der Waals surface area contributed by atoms with Gasteiger partial charge in [-0.1, -0.05) is 12.1 Å². The Labute approximate surface area is 167 Å². The number of hydrogen-bond donors (Lipinski definition) is 2. The highest BCUT2D eigenvalue weighted by Gasteiger charge is 2.09. The summed E-state index contributed by atoms with van der Waals surface area (Å²) in [5.41, 5.74) is 2.10. The van der Waals surface area contributed by atoms with Crippen LogP contribution in [0.25, 0.3) is 0 Å². The van der Waals surface area contributed by atoms with Crippen molar-refractivity contribution in [1.82, 2.24) is 15.3 Å². The molecule has 3 aromatic rings. The first kappa shape index (κ1) is 19.9. The van der Waals surface area contributed by atoms with Crippen LogP contribution in [0.15, 0.2) is 60.9 Å². The second-order valence-electron chi connectivity index (χ2n) is 6.02. The van der Waals surface area contributed by atoms with Crippen LogP contribution in [0.3, 0.4) is 0 Å². The van der Waals surface area contributed by atoms with E-state index in [9.17, 15) is 14.0 Å². The molecule has 2 aromatic carbocycles. The molecule has 0 spiro atoms. The number of carbonyl (C=O) groups excluding carboxylic acids is 2. The molecule has 0 saturated heterocycles. The van der Waals surface area contributed by atoms with Gasteiger partial charge in [0.25, 0.3) is 5.91 Å². The van der Waals surface area contributed by atoms with Gasteiger partial charge in [0.1, 0.15) is 17.3 Å². The van der Waals surface area contributed by atoms with Gasteiger partial charge in [0, 0.05) is 12.2 Å². The fourth-order valence-electron chi connectivity index (χ4n) is 2.44. The number of nitrogens with zero attached hydrogens (tertiary/aromatic N) is 2. The van der Waals surface area contributed by atoms with Gasteiger partial charge in [0.05, 0.1) is 24.6 Å². The van der Waals surface area contributed by atoms with E-state index in [1.54, 1.807) is 43.3 Å². The molecule has 1 heterocycles. The monoisotopic (exact) mass is 394 g/mol. The SMILES string of the molecule is CCOC(=O)c1ccc(Nc2cnc(C(=O)NCc3ccc(F)cc3)cn2)cc1. The maximum atomic E-state index is 12.9. The smallest absolute Gasteiger partial charge is 0.338 e. The number of aromatic nitrogens is 2. The van der Waals surface area contributed by atoms with E-state index >= 15 is 0 Å².